The van der Waals surface area contributed by atoms with Crippen molar-refractivity contribution in [1.29, 1.82) is 0 Å². The van der Waals surface area contributed by atoms with Crippen molar-refractivity contribution in [3.8, 4) is 0 Å². The van der Waals surface area contributed by atoms with E-state index in [2.05, 4.69) is 11.6 Å². The summed E-state index contributed by atoms with van der Waals surface area (Å²) < 4.78 is 25.0. The fourth-order valence-electron chi connectivity index (χ4n) is 3.42. The molecule has 1 aromatic heterocycles. The first-order valence-electron chi connectivity index (χ1n) is 9.09. The Morgan fingerprint density at radius 1 is 1.43 bits per heavy atom. The maximum Gasteiger partial charge on any atom is 0.262 e. The summed E-state index contributed by atoms with van der Waals surface area (Å²) >= 11 is 1.19. The molecule has 0 bridgehead atoms. The lowest BCUT2D eigenvalue weighted by molar-refractivity contribution is -0.129. The van der Waals surface area contributed by atoms with Crippen molar-refractivity contribution in [2.45, 2.75) is 31.1 Å². The largest absolute Gasteiger partial charge is 0.338 e. The van der Waals surface area contributed by atoms with Gasteiger partial charge in [0.15, 0.2) is 15.0 Å². The highest BCUT2D eigenvalue weighted by Gasteiger charge is 2.33. The Hall–Kier alpha value is -2.13. The van der Waals surface area contributed by atoms with Gasteiger partial charge in [-0.3, -0.25) is 14.2 Å². The Bertz CT molecular complexity index is 1060. The number of carbonyl (C=O) groups is 1. The van der Waals surface area contributed by atoms with Crippen LogP contribution in [0.4, 0.5) is 0 Å². The Morgan fingerprint density at radius 3 is 2.82 bits per heavy atom. The molecule has 3 rings (SSSR count). The highest BCUT2D eigenvalue weighted by molar-refractivity contribution is 7.99. The molecule has 1 saturated heterocycles. The number of thioether (sulfide) groups is 1. The van der Waals surface area contributed by atoms with Gasteiger partial charge in [-0.15, -0.1) is 6.58 Å². The summed E-state index contributed by atoms with van der Waals surface area (Å²) in [5, 5.41) is 0.971. The van der Waals surface area contributed by atoms with Crippen LogP contribution in [-0.2, 0) is 21.2 Å². The molecule has 1 aliphatic heterocycles. The Morgan fingerprint density at radius 2 is 2.18 bits per heavy atom. The second kappa shape index (κ2) is 8.48. The summed E-state index contributed by atoms with van der Waals surface area (Å²) in [6, 6.07) is 6.81. The summed E-state index contributed by atoms with van der Waals surface area (Å²) in [6.45, 7) is 6.28. The number of amides is 1. The van der Waals surface area contributed by atoms with Crippen LogP contribution in [-0.4, -0.2) is 58.6 Å². The van der Waals surface area contributed by atoms with Gasteiger partial charge in [-0.25, -0.2) is 13.4 Å². The minimum absolute atomic E-state index is 0.0205. The van der Waals surface area contributed by atoms with Crippen molar-refractivity contribution < 1.29 is 13.2 Å². The van der Waals surface area contributed by atoms with Crippen molar-refractivity contribution in [3.05, 3.63) is 47.3 Å². The molecule has 1 amide bonds. The molecule has 0 N–H and O–H groups in total. The van der Waals surface area contributed by atoms with Crippen LogP contribution < -0.4 is 5.56 Å². The molecule has 0 saturated carbocycles. The van der Waals surface area contributed by atoms with Crippen LogP contribution in [0.1, 0.15) is 13.3 Å². The van der Waals surface area contributed by atoms with E-state index in [9.17, 15) is 18.0 Å². The number of benzene rings is 1. The van der Waals surface area contributed by atoms with E-state index in [4.69, 9.17) is 0 Å². The van der Waals surface area contributed by atoms with Gasteiger partial charge < -0.3 is 4.90 Å². The van der Waals surface area contributed by atoms with Gasteiger partial charge in [0.1, 0.15) is 0 Å². The first-order chi connectivity index (χ1) is 13.4. The van der Waals surface area contributed by atoms with Crippen molar-refractivity contribution in [2.75, 3.05) is 23.8 Å². The number of para-hydroxylation sites is 1. The maximum absolute atomic E-state index is 12.8. The standard InChI is InChI=1S/C19H23N3O4S2/c1-3-10-22-18(24)15-7-5-6-8-16(15)20-19(22)27-12-17(23)21(4-2)14-9-11-28(25,26)13-14/h3,5-8,14H,1,4,9-13H2,2H3/t14-/m0/s1. The summed E-state index contributed by atoms with van der Waals surface area (Å²) in [5.41, 5.74) is 0.409. The first-order valence-corrected chi connectivity index (χ1v) is 11.9. The minimum atomic E-state index is -3.06. The summed E-state index contributed by atoms with van der Waals surface area (Å²) in [7, 11) is -3.06. The Balaban J connectivity index is 1.82. The molecule has 150 valence electrons. The third-order valence-electron chi connectivity index (χ3n) is 4.77. The van der Waals surface area contributed by atoms with Crippen LogP contribution >= 0.6 is 11.8 Å². The van der Waals surface area contributed by atoms with E-state index in [1.54, 1.807) is 29.2 Å². The van der Waals surface area contributed by atoms with Crippen LogP contribution in [0.2, 0.25) is 0 Å². The Labute approximate surface area is 168 Å². The number of aromatic nitrogens is 2. The van der Waals surface area contributed by atoms with Gasteiger partial charge in [0, 0.05) is 19.1 Å². The quantitative estimate of drug-likeness (QED) is 0.384. The van der Waals surface area contributed by atoms with E-state index in [1.807, 2.05) is 13.0 Å². The highest BCUT2D eigenvalue weighted by atomic mass is 32.2. The van der Waals surface area contributed by atoms with Crippen molar-refractivity contribution in [1.82, 2.24) is 14.5 Å². The average molecular weight is 422 g/mol. The monoisotopic (exact) mass is 421 g/mol. The normalized spacial score (nSPS) is 18.2. The Kier molecular flexibility index (Phi) is 6.24. The molecule has 0 unspecified atom stereocenters. The number of allylic oxidation sites excluding steroid dienone is 1. The zero-order valence-corrected chi connectivity index (χ0v) is 17.3. The van der Waals surface area contributed by atoms with E-state index in [1.165, 1.54) is 16.3 Å². The predicted molar refractivity (Wildman–Crippen MR) is 111 cm³/mol. The lowest BCUT2D eigenvalue weighted by Crippen LogP contribution is -2.42. The molecule has 0 radical (unpaired) electrons. The third-order valence-corrected chi connectivity index (χ3v) is 7.48. The third kappa shape index (κ3) is 4.30. The average Bonchev–Trinajstić information content (AvgIpc) is 3.02. The lowest BCUT2D eigenvalue weighted by atomic mass is 10.2. The summed E-state index contributed by atoms with van der Waals surface area (Å²) in [5.74, 6) is 0.0840. The smallest absolute Gasteiger partial charge is 0.262 e. The molecule has 0 spiro atoms. The van der Waals surface area contributed by atoms with Crippen molar-refractivity contribution in [3.63, 3.8) is 0 Å². The SMILES string of the molecule is C=CCn1c(SCC(=O)N(CC)[C@H]2CCS(=O)(=O)C2)nc2ccccc2c1=O. The lowest BCUT2D eigenvalue weighted by Gasteiger charge is -2.26. The van der Waals surface area contributed by atoms with E-state index < -0.39 is 9.84 Å². The predicted octanol–water partition coefficient (Wildman–Crippen LogP) is 1.71. The highest BCUT2D eigenvalue weighted by Crippen LogP contribution is 2.22. The van der Waals surface area contributed by atoms with Crippen LogP contribution in [0.15, 0.2) is 46.9 Å². The molecule has 28 heavy (non-hydrogen) atoms. The second-order valence-electron chi connectivity index (χ2n) is 6.64. The maximum atomic E-state index is 12.8. The second-order valence-corrected chi connectivity index (χ2v) is 9.81. The van der Waals surface area contributed by atoms with Gasteiger partial charge in [0.25, 0.3) is 5.56 Å². The number of hydrogen-bond donors (Lipinski definition) is 0. The zero-order valence-electron chi connectivity index (χ0n) is 15.7. The minimum Gasteiger partial charge on any atom is -0.338 e. The van der Waals surface area contributed by atoms with Crippen LogP contribution in [0, 0.1) is 0 Å². The van der Waals surface area contributed by atoms with Crippen molar-refractivity contribution >= 4 is 38.4 Å². The molecule has 7 nitrogen and oxygen atoms in total. The molecule has 1 fully saturated rings. The van der Waals surface area contributed by atoms with Gasteiger partial charge in [-0.1, -0.05) is 30.0 Å². The summed E-state index contributed by atoms with van der Waals surface area (Å²) in [4.78, 5) is 31.7. The molecular weight excluding hydrogens is 398 g/mol. The van der Waals surface area contributed by atoms with Crippen molar-refractivity contribution in [2.24, 2.45) is 0 Å². The number of nitrogens with zero attached hydrogens (tertiary/aromatic N) is 3. The topological polar surface area (TPSA) is 89.3 Å². The summed E-state index contributed by atoms with van der Waals surface area (Å²) in [6.07, 6.45) is 2.09. The van der Waals surface area contributed by atoms with Gasteiger partial charge in [-0.05, 0) is 25.5 Å². The van der Waals surface area contributed by atoms with Gasteiger partial charge >= 0.3 is 0 Å². The fourth-order valence-corrected chi connectivity index (χ4v) is 6.04. The zero-order chi connectivity index (χ0) is 20.3. The molecule has 1 aliphatic rings. The molecule has 2 aromatic rings. The molecule has 1 atom stereocenters. The number of carbonyl (C=O) groups excluding carboxylic acids is 1. The van der Waals surface area contributed by atoms with Crippen LogP contribution in [0.25, 0.3) is 10.9 Å². The van der Waals surface area contributed by atoms with E-state index >= 15 is 0 Å². The molecule has 2 heterocycles. The van der Waals surface area contributed by atoms with E-state index in [-0.39, 0.29) is 34.8 Å². The molecule has 9 heteroatoms. The van der Waals surface area contributed by atoms with Gasteiger partial charge in [0.05, 0.1) is 28.2 Å². The number of sulfone groups is 1. The van der Waals surface area contributed by atoms with Gasteiger partial charge in [-0.2, -0.15) is 0 Å². The van der Waals surface area contributed by atoms with Crippen LogP contribution in [0.5, 0.6) is 0 Å². The molecule has 0 aliphatic carbocycles. The molecule has 1 aromatic carbocycles. The van der Waals surface area contributed by atoms with E-state index in [0.29, 0.717) is 35.6 Å². The first kappa shape index (κ1) is 20.6. The van der Waals surface area contributed by atoms with Crippen LogP contribution in [0.3, 0.4) is 0 Å². The number of hydrogen-bond acceptors (Lipinski definition) is 6. The number of rotatable bonds is 7. The number of fused-ring (bicyclic) bond motifs is 1. The van der Waals surface area contributed by atoms with Gasteiger partial charge in [0.2, 0.25) is 5.91 Å². The van der Waals surface area contributed by atoms with E-state index in [0.717, 1.165) is 0 Å². The fraction of sp³-hybridized carbons (Fsp3) is 0.421. The molecular formula is C19H23N3O4S2.